The predicted molar refractivity (Wildman–Crippen MR) is 71.4 cm³/mol. The first-order valence-corrected chi connectivity index (χ1v) is 7.34. The van der Waals surface area contributed by atoms with E-state index in [-0.39, 0.29) is 0 Å². The molecule has 0 aliphatic carbocycles. The molecule has 0 saturated carbocycles. The Bertz CT molecular complexity index is 356. The molecular weight excluding hydrogens is 243 g/mol. The summed E-state index contributed by atoms with van der Waals surface area (Å²) in [6.07, 6.45) is 0. The lowest BCUT2D eigenvalue weighted by Gasteiger charge is -2.34. The molecule has 1 aromatic carbocycles. The zero-order valence-corrected chi connectivity index (χ0v) is 11.0. The summed E-state index contributed by atoms with van der Waals surface area (Å²) in [4.78, 5) is 0. The Kier molecular flexibility index (Phi) is 4.82. The molecule has 16 heavy (non-hydrogen) atoms. The van der Waals surface area contributed by atoms with Crippen LogP contribution >= 0.6 is 6.49 Å². The fraction of sp³-hybridized carbons (Fsp3) is 0.250. The Morgan fingerprint density at radius 1 is 1.12 bits per heavy atom. The van der Waals surface area contributed by atoms with Crippen molar-refractivity contribution in [2.24, 2.45) is 11.7 Å². The van der Waals surface area contributed by atoms with Gasteiger partial charge in [0.25, 0.3) is 0 Å². The molecule has 0 spiro atoms. The average molecular weight is 260 g/mol. The molecule has 1 aromatic rings. The van der Waals surface area contributed by atoms with Crippen LogP contribution in [0.1, 0.15) is 0 Å². The highest BCUT2D eigenvalue weighted by molar-refractivity contribution is 8.11. The SMILES string of the molecule is CN(N)P(=S)(NNc1ccccc1)N(C)N. The van der Waals surface area contributed by atoms with Crippen LogP contribution in [0.5, 0.6) is 0 Å². The van der Waals surface area contributed by atoms with Crippen LogP contribution in [-0.4, -0.2) is 23.7 Å². The Hall–Kier alpha value is -0.530. The summed E-state index contributed by atoms with van der Waals surface area (Å²) >= 11 is 5.39. The number of nitrogens with one attached hydrogen (secondary N) is 2. The van der Waals surface area contributed by atoms with E-state index in [1.54, 1.807) is 14.1 Å². The van der Waals surface area contributed by atoms with Crippen LogP contribution in [0.25, 0.3) is 0 Å². The van der Waals surface area contributed by atoms with Crippen molar-refractivity contribution >= 4 is 24.0 Å². The number of benzene rings is 1. The zero-order chi connectivity index (χ0) is 12.2. The third-order valence-corrected chi connectivity index (χ3v) is 5.91. The van der Waals surface area contributed by atoms with E-state index < -0.39 is 6.49 Å². The molecule has 0 bridgehead atoms. The van der Waals surface area contributed by atoms with Gasteiger partial charge >= 0.3 is 0 Å². The fourth-order valence-electron chi connectivity index (χ4n) is 1.04. The van der Waals surface area contributed by atoms with Crippen molar-refractivity contribution in [3.8, 4) is 0 Å². The summed E-state index contributed by atoms with van der Waals surface area (Å²) in [5.41, 5.74) is 3.90. The van der Waals surface area contributed by atoms with E-state index in [1.165, 1.54) is 9.56 Å². The van der Waals surface area contributed by atoms with Gasteiger partial charge in [0.15, 0.2) is 6.49 Å². The topological polar surface area (TPSA) is 82.6 Å². The van der Waals surface area contributed by atoms with Crippen molar-refractivity contribution in [2.75, 3.05) is 19.5 Å². The van der Waals surface area contributed by atoms with E-state index in [0.29, 0.717) is 0 Å². The maximum Gasteiger partial charge on any atom is 0.186 e. The van der Waals surface area contributed by atoms with Crippen LogP contribution in [0.3, 0.4) is 0 Å². The van der Waals surface area contributed by atoms with E-state index in [0.717, 1.165) is 5.69 Å². The summed E-state index contributed by atoms with van der Waals surface area (Å²) in [6, 6.07) is 9.61. The quantitative estimate of drug-likeness (QED) is 0.347. The lowest BCUT2D eigenvalue weighted by atomic mass is 10.3. The van der Waals surface area contributed by atoms with Gasteiger partial charge in [0.2, 0.25) is 0 Å². The molecule has 0 atom stereocenters. The zero-order valence-electron chi connectivity index (χ0n) is 9.29. The van der Waals surface area contributed by atoms with E-state index in [9.17, 15) is 0 Å². The molecule has 0 heterocycles. The second-order valence-electron chi connectivity index (χ2n) is 3.29. The number of hydrogen-bond donors (Lipinski definition) is 4. The van der Waals surface area contributed by atoms with Gasteiger partial charge in [-0.15, -0.1) is 0 Å². The highest BCUT2D eigenvalue weighted by Crippen LogP contribution is 2.42. The van der Waals surface area contributed by atoms with Crippen LogP contribution in [-0.2, 0) is 11.8 Å². The maximum absolute atomic E-state index is 5.69. The molecule has 0 unspecified atom stereocenters. The van der Waals surface area contributed by atoms with Gasteiger partial charge in [0.05, 0.1) is 0 Å². The van der Waals surface area contributed by atoms with Gasteiger partial charge in [0.1, 0.15) is 0 Å². The number of anilines is 1. The van der Waals surface area contributed by atoms with Gasteiger partial charge in [-0.2, -0.15) is 14.8 Å². The van der Waals surface area contributed by atoms with E-state index in [4.69, 9.17) is 23.5 Å². The summed E-state index contributed by atoms with van der Waals surface area (Å²) in [5, 5.41) is 2.99. The molecule has 8 heteroatoms. The largest absolute Gasteiger partial charge is 0.315 e. The minimum absolute atomic E-state index is 0.903. The number of nitrogens with zero attached hydrogens (tertiary/aromatic N) is 2. The summed E-state index contributed by atoms with van der Waals surface area (Å²) in [5.74, 6) is 11.4. The van der Waals surface area contributed by atoms with Gasteiger partial charge in [-0.3, -0.25) is 11.7 Å². The third kappa shape index (κ3) is 3.23. The fourth-order valence-corrected chi connectivity index (χ4v) is 2.21. The smallest absolute Gasteiger partial charge is 0.186 e. The highest BCUT2D eigenvalue weighted by Gasteiger charge is 2.23. The number of hydrazine groups is 3. The molecule has 0 amide bonds. The monoisotopic (exact) mass is 260 g/mol. The van der Waals surface area contributed by atoms with Crippen LogP contribution in [0.4, 0.5) is 5.69 Å². The minimum atomic E-state index is -2.33. The average Bonchev–Trinajstić information content (AvgIpc) is 2.26. The number of hydrogen-bond acceptors (Lipinski definition) is 4. The second kappa shape index (κ2) is 5.70. The summed E-state index contributed by atoms with van der Waals surface area (Å²) in [6.45, 7) is -2.33. The lowest BCUT2D eigenvalue weighted by Crippen LogP contribution is -2.42. The van der Waals surface area contributed by atoms with Gasteiger partial charge < -0.3 is 5.43 Å². The molecular formula is C8H17N6PS. The van der Waals surface area contributed by atoms with Crippen molar-refractivity contribution in [1.29, 1.82) is 0 Å². The molecule has 90 valence electrons. The molecule has 6 N–H and O–H groups in total. The molecule has 0 radical (unpaired) electrons. The molecule has 0 aliphatic heterocycles. The second-order valence-corrected chi connectivity index (χ2v) is 7.40. The number of nitrogens with two attached hydrogens (primary N) is 2. The Balaban J connectivity index is 2.69. The van der Waals surface area contributed by atoms with Crippen molar-refractivity contribution in [3.05, 3.63) is 30.3 Å². The van der Waals surface area contributed by atoms with E-state index in [1.807, 2.05) is 30.3 Å². The van der Waals surface area contributed by atoms with Crippen LogP contribution in [0, 0.1) is 0 Å². The molecule has 0 saturated heterocycles. The van der Waals surface area contributed by atoms with Crippen LogP contribution in [0.2, 0.25) is 0 Å². The van der Waals surface area contributed by atoms with Crippen molar-refractivity contribution in [2.45, 2.75) is 0 Å². The Morgan fingerprint density at radius 3 is 2.06 bits per heavy atom. The lowest BCUT2D eigenvalue weighted by molar-refractivity contribution is 0.480. The van der Waals surface area contributed by atoms with Crippen LogP contribution in [0.15, 0.2) is 30.3 Å². The Morgan fingerprint density at radius 2 is 1.62 bits per heavy atom. The van der Waals surface area contributed by atoms with Gasteiger partial charge in [0, 0.05) is 19.8 Å². The van der Waals surface area contributed by atoms with Crippen molar-refractivity contribution in [3.63, 3.8) is 0 Å². The van der Waals surface area contributed by atoms with E-state index in [2.05, 4.69) is 10.6 Å². The maximum atomic E-state index is 5.69. The van der Waals surface area contributed by atoms with Crippen molar-refractivity contribution < 1.29 is 0 Å². The standard InChI is InChI=1S/C8H17N6PS/c1-13(9)15(16,14(2)10)12-11-8-6-4-3-5-7-8/h3-7,11H,9-10H2,1-2H3,(H,12,16). The Labute approximate surface area is 101 Å². The first-order valence-electron chi connectivity index (χ1n) is 4.63. The minimum Gasteiger partial charge on any atom is -0.315 e. The van der Waals surface area contributed by atoms with Gasteiger partial charge in [-0.25, -0.2) is 0 Å². The molecule has 0 aromatic heterocycles. The summed E-state index contributed by atoms with van der Waals surface area (Å²) < 4.78 is 2.83. The number of rotatable bonds is 5. The first-order chi connectivity index (χ1) is 7.47. The molecule has 6 nitrogen and oxygen atoms in total. The normalized spacial score (nSPS) is 12.1. The van der Waals surface area contributed by atoms with Gasteiger partial charge in [-0.1, -0.05) is 18.2 Å². The van der Waals surface area contributed by atoms with Gasteiger partial charge in [-0.05, 0) is 23.9 Å². The molecule has 1 rings (SSSR count). The predicted octanol–water partition coefficient (Wildman–Crippen LogP) is 0.439. The van der Waals surface area contributed by atoms with E-state index >= 15 is 0 Å². The molecule has 0 fully saturated rings. The van der Waals surface area contributed by atoms with Crippen LogP contribution < -0.4 is 22.3 Å². The molecule has 0 aliphatic rings. The first kappa shape index (κ1) is 13.5. The van der Waals surface area contributed by atoms with Crippen molar-refractivity contribution in [1.82, 2.24) is 14.8 Å². The highest BCUT2D eigenvalue weighted by atomic mass is 32.4. The third-order valence-electron chi connectivity index (χ3n) is 1.97. The summed E-state index contributed by atoms with van der Waals surface area (Å²) in [7, 11) is 3.37. The number of para-hydroxylation sites is 1.